The Balaban J connectivity index is 2.60. The maximum absolute atomic E-state index is 13.4. The highest BCUT2D eigenvalue weighted by Crippen LogP contribution is 2.23. The van der Waals surface area contributed by atoms with E-state index in [0.717, 1.165) is 12.1 Å². The molecule has 2 rings (SSSR count). The number of Topliss-reactive ketones (excluding diaryl/α,β-unsaturated/α-hetero) is 1. The lowest BCUT2D eigenvalue weighted by Gasteiger charge is -2.07. The minimum Gasteiger partial charge on any atom is -0.475 e. The molecule has 1 aromatic carbocycles. The van der Waals surface area contributed by atoms with Gasteiger partial charge in [0.2, 0.25) is 0 Å². The molecule has 2 N–H and O–H groups in total. The number of aromatic nitrogens is 1. The molecule has 1 amide bonds. The fourth-order valence-electron chi connectivity index (χ4n) is 2.43. The number of carboxylic acid groups (broad SMARTS) is 1. The Morgan fingerprint density at radius 2 is 2.04 bits per heavy atom. The minimum absolute atomic E-state index is 0.0643. The summed E-state index contributed by atoms with van der Waals surface area (Å²) in [7, 11) is 0. The van der Waals surface area contributed by atoms with Crippen molar-refractivity contribution in [2.75, 3.05) is 5.32 Å². The third kappa shape index (κ3) is 3.12. The first-order valence-electron chi connectivity index (χ1n) is 8.41. The zero-order valence-electron chi connectivity index (χ0n) is 16.2. The lowest BCUT2D eigenvalue weighted by atomic mass is 10.1. The molecule has 0 atom stereocenters. The molecule has 0 fully saturated rings. The molecule has 0 aliphatic carbocycles. The Morgan fingerprint density at radius 1 is 1.36 bits per heavy atom. The molecule has 128 valence electrons. The molecule has 1 heterocycles. The molecule has 1 aromatic heterocycles. The first kappa shape index (κ1) is 13.9. The van der Waals surface area contributed by atoms with Crippen LogP contribution in [0.5, 0.6) is 0 Å². The normalized spacial score (nSPS) is 12.5. The van der Waals surface area contributed by atoms with Crippen molar-refractivity contribution in [2.24, 2.45) is 6.98 Å². The molecular weight excluding hydrogens is 329 g/mol. The highest BCUT2D eigenvalue weighted by atomic mass is 19.1. The lowest BCUT2D eigenvalue weighted by Crippen LogP contribution is -2.17. The number of anilines is 1. The number of carboxylic acids is 1. The fraction of sp³-hybridized carbons (Fsp3) is 0.176. The Morgan fingerprint density at radius 3 is 2.60 bits per heavy atom. The number of carbonyl (C=O) groups excluding carboxylic acids is 2. The molecule has 0 bridgehead atoms. The second-order valence-electron chi connectivity index (χ2n) is 5.16. The summed E-state index contributed by atoms with van der Waals surface area (Å²) < 4.78 is 36.7. The molecule has 7 nitrogen and oxygen atoms in total. The van der Waals surface area contributed by atoms with Crippen LogP contribution >= 0.6 is 0 Å². The predicted molar refractivity (Wildman–Crippen MR) is 85.9 cm³/mol. The molecule has 0 spiro atoms. The number of hydrogen-bond acceptors (Lipinski definition) is 4. The summed E-state index contributed by atoms with van der Waals surface area (Å²) in [4.78, 5) is 35.8. The van der Waals surface area contributed by atoms with E-state index in [1.54, 1.807) is 6.07 Å². The number of amides is 1. The van der Waals surface area contributed by atoms with E-state index in [1.807, 2.05) is 0 Å². The lowest BCUT2D eigenvalue weighted by molar-refractivity contribution is -0.131. The molecule has 8 heteroatoms. The number of aliphatic carboxylic acids is 1. The van der Waals surface area contributed by atoms with E-state index in [-0.39, 0.29) is 28.1 Å². The number of hydrogen-bond donors (Lipinski definition) is 2. The number of ketones is 1. The molecule has 2 aromatic rings. The van der Waals surface area contributed by atoms with E-state index in [1.165, 1.54) is 19.9 Å². The van der Waals surface area contributed by atoms with E-state index in [2.05, 4.69) is 5.32 Å². The smallest absolute Gasteiger partial charge is 0.378 e. The van der Waals surface area contributed by atoms with Crippen molar-refractivity contribution in [1.29, 1.82) is 5.26 Å². The van der Waals surface area contributed by atoms with Crippen LogP contribution in [0.2, 0.25) is 0 Å². The molecular formula is C17H14FN3O4. The molecule has 0 saturated carbocycles. The summed E-state index contributed by atoms with van der Waals surface area (Å²) in [6.07, 6.45) is 0. The van der Waals surface area contributed by atoms with Crippen LogP contribution in [0.15, 0.2) is 18.2 Å². The van der Waals surface area contributed by atoms with Gasteiger partial charge in [0.25, 0.3) is 11.7 Å². The van der Waals surface area contributed by atoms with Gasteiger partial charge in [0.05, 0.1) is 11.1 Å². The summed E-state index contributed by atoms with van der Waals surface area (Å²) in [6, 6.07) is 4.87. The van der Waals surface area contributed by atoms with Crippen molar-refractivity contribution in [3.8, 4) is 6.07 Å². The van der Waals surface area contributed by atoms with Crippen molar-refractivity contribution in [2.45, 2.75) is 13.8 Å². The second-order valence-corrected chi connectivity index (χ2v) is 5.16. The summed E-state index contributed by atoms with van der Waals surface area (Å²) in [5, 5.41) is 20.2. The van der Waals surface area contributed by atoms with Crippen molar-refractivity contribution in [1.82, 2.24) is 4.57 Å². The minimum atomic E-state index is -2.91. The Labute approximate surface area is 146 Å². The van der Waals surface area contributed by atoms with E-state index in [9.17, 15) is 18.8 Å². The number of nitrogens with zero attached hydrogens (tertiary/aromatic N) is 2. The van der Waals surface area contributed by atoms with Gasteiger partial charge in [-0.3, -0.25) is 9.59 Å². The fourth-order valence-corrected chi connectivity index (χ4v) is 2.43. The molecule has 0 aliphatic rings. The van der Waals surface area contributed by atoms with Crippen LogP contribution in [0.4, 0.5) is 10.1 Å². The van der Waals surface area contributed by atoms with Gasteiger partial charge in [0.15, 0.2) is 0 Å². The van der Waals surface area contributed by atoms with Crippen molar-refractivity contribution in [3.05, 3.63) is 52.1 Å². The third-order valence-electron chi connectivity index (χ3n) is 3.63. The third-order valence-corrected chi connectivity index (χ3v) is 3.63. The first-order chi connectivity index (χ1) is 12.9. The van der Waals surface area contributed by atoms with E-state index in [4.69, 9.17) is 14.5 Å². The largest absolute Gasteiger partial charge is 0.475 e. The quantitative estimate of drug-likeness (QED) is 0.651. The Kier molecular flexibility index (Phi) is 3.66. The van der Waals surface area contributed by atoms with Gasteiger partial charge in [-0.2, -0.15) is 5.26 Å². The molecule has 0 unspecified atom stereocenters. The standard InChI is InChI=1S/C17H14FN3O4/c1-8-13(9(2)21(3)14(8)15(22)17(24)25)16(23)20-11-4-5-12(18)10(6-11)7-19/h4-6H,1-3H3,(H,20,23)(H,24,25)/i3D3. The van der Waals surface area contributed by atoms with Crippen LogP contribution in [0.25, 0.3) is 0 Å². The number of nitrogens with one attached hydrogen (secondary N) is 1. The number of nitriles is 1. The first-order valence-corrected chi connectivity index (χ1v) is 6.91. The van der Waals surface area contributed by atoms with Crippen molar-refractivity contribution >= 4 is 23.3 Å². The maximum atomic E-state index is 13.4. The maximum Gasteiger partial charge on any atom is 0.378 e. The Hall–Kier alpha value is -3.47. The van der Waals surface area contributed by atoms with Gasteiger partial charge in [-0.15, -0.1) is 0 Å². The van der Waals surface area contributed by atoms with Gasteiger partial charge < -0.3 is 15.0 Å². The van der Waals surface area contributed by atoms with Crippen molar-refractivity contribution < 1.29 is 28.0 Å². The average Bonchev–Trinajstić information content (AvgIpc) is 2.86. The van der Waals surface area contributed by atoms with E-state index >= 15 is 0 Å². The van der Waals surface area contributed by atoms with Gasteiger partial charge in [-0.25, -0.2) is 9.18 Å². The van der Waals surface area contributed by atoms with Gasteiger partial charge in [-0.1, -0.05) is 0 Å². The second kappa shape index (κ2) is 6.57. The van der Waals surface area contributed by atoms with E-state index in [0.29, 0.717) is 4.57 Å². The van der Waals surface area contributed by atoms with Crippen LogP contribution in [-0.4, -0.2) is 27.3 Å². The van der Waals surface area contributed by atoms with Gasteiger partial charge in [-0.05, 0) is 37.6 Å². The van der Waals surface area contributed by atoms with Gasteiger partial charge in [0.1, 0.15) is 17.6 Å². The zero-order valence-corrected chi connectivity index (χ0v) is 13.2. The summed E-state index contributed by atoms with van der Waals surface area (Å²) in [6.45, 7) is -0.387. The number of benzene rings is 1. The number of halogens is 1. The monoisotopic (exact) mass is 346 g/mol. The summed E-state index contributed by atoms with van der Waals surface area (Å²) >= 11 is 0. The summed E-state index contributed by atoms with van der Waals surface area (Å²) in [5.74, 6) is -4.96. The molecule has 0 saturated heterocycles. The highest BCUT2D eigenvalue weighted by molar-refractivity contribution is 6.40. The average molecular weight is 346 g/mol. The molecule has 0 radical (unpaired) electrons. The number of carbonyl (C=O) groups is 3. The van der Waals surface area contributed by atoms with Crippen molar-refractivity contribution in [3.63, 3.8) is 0 Å². The van der Waals surface area contributed by atoms with Crippen LogP contribution in [0, 0.1) is 31.0 Å². The van der Waals surface area contributed by atoms with E-state index < -0.39 is 36.1 Å². The molecule has 0 aliphatic heterocycles. The van der Waals surface area contributed by atoms with Crippen LogP contribution in [0.3, 0.4) is 0 Å². The molecule has 25 heavy (non-hydrogen) atoms. The van der Waals surface area contributed by atoms with Gasteiger partial charge in [0, 0.05) is 22.5 Å². The predicted octanol–water partition coefficient (Wildman–Crippen LogP) is 2.17. The number of rotatable bonds is 4. The zero-order chi connectivity index (χ0) is 21.4. The van der Waals surface area contributed by atoms with Crippen LogP contribution in [-0.2, 0) is 11.8 Å². The topological polar surface area (TPSA) is 112 Å². The van der Waals surface area contributed by atoms with Crippen LogP contribution in [0.1, 0.15) is 41.8 Å². The van der Waals surface area contributed by atoms with Crippen LogP contribution < -0.4 is 5.32 Å². The Bertz CT molecular complexity index is 1050. The SMILES string of the molecule is [2H]C([2H])([2H])n1c(C)c(C(=O)Nc2ccc(F)c(C#N)c2)c(C)c1C(=O)C(=O)O. The van der Waals surface area contributed by atoms with Gasteiger partial charge >= 0.3 is 5.97 Å². The summed E-state index contributed by atoms with van der Waals surface area (Å²) in [5.41, 5.74) is -1.35. The highest BCUT2D eigenvalue weighted by Gasteiger charge is 2.28.